The minimum absolute atomic E-state index is 0.00285. The molecule has 5 atom stereocenters. The molecule has 1 fully saturated rings. The van der Waals surface area contributed by atoms with Gasteiger partial charge in [0.15, 0.2) is 5.78 Å². The van der Waals surface area contributed by atoms with Gasteiger partial charge >= 0.3 is 17.9 Å². The lowest BCUT2D eigenvalue weighted by Gasteiger charge is -2.34. The van der Waals surface area contributed by atoms with Crippen LogP contribution in [0, 0.1) is 11.8 Å². The van der Waals surface area contributed by atoms with Gasteiger partial charge in [-0.1, -0.05) is 12.2 Å². The van der Waals surface area contributed by atoms with Crippen molar-refractivity contribution < 1.29 is 38.5 Å². The third-order valence-corrected chi connectivity index (χ3v) is 5.78. The van der Waals surface area contributed by atoms with Gasteiger partial charge in [-0.3, -0.25) is 9.59 Å². The lowest BCUT2D eigenvalue weighted by Crippen LogP contribution is -2.50. The Balaban J connectivity index is 2.16. The van der Waals surface area contributed by atoms with Crippen molar-refractivity contribution in [1.29, 1.82) is 0 Å². The van der Waals surface area contributed by atoms with Gasteiger partial charge in [-0.25, -0.2) is 9.59 Å². The van der Waals surface area contributed by atoms with Crippen molar-refractivity contribution in [2.24, 2.45) is 11.8 Å². The Hall–Kier alpha value is -2.74. The molecular weight excluding hydrogens is 380 g/mol. The summed E-state index contributed by atoms with van der Waals surface area (Å²) in [5.41, 5.74) is -0.149. The highest BCUT2D eigenvalue weighted by molar-refractivity contribution is 6.09. The molecule has 0 aromatic carbocycles. The molecule has 0 amide bonds. The van der Waals surface area contributed by atoms with Crippen molar-refractivity contribution in [2.75, 3.05) is 6.61 Å². The molecule has 0 aromatic heterocycles. The molecule has 1 N–H and O–H groups in total. The minimum atomic E-state index is -1.71. The molecule has 8 nitrogen and oxygen atoms in total. The fourth-order valence-corrected chi connectivity index (χ4v) is 4.57. The van der Waals surface area contributed by atoms with E-state index in [4.69, 9.17) is 14.2 Å². The lowest BCUT2D eigenvalue weighted by atomic mass is 9.77. The number of rotatable bonds is 4. The molecule has 0 bridgehead atoms. The number of aliphatic hydroxyl groups excluding tert-OH is 1. The normalized spacial score (nSPS) is 33.3. The molecule has 8 heteroatoms. The number of esters is 3. The van der Waals surface area contributed by atoms with Gasteiger partial charge < -0.3 is 19.3 Å². The number of carbonyl (C=O) groups is 4. The first-order valence-corrected chi connectivity index (χ1v) is 9.33. The van der Waals surface area contributed by atoms with E-state index < -0.39 is 54.2 Å². The van der Waals surface area contributed by atoms with Gasteiger partial charge in [0, 0.05) is 30.4 Å². The molecule has 5 unspecified atom stereocenters. The Morgan fingerprint density at radius 2 is 2.00 bits per heavy atom. The number of hydrogen-bond acceptors (Lipinski definition) is 8. The van der Waals surface area contributed by atoms with E-state index in [1.807, 2.05) is 0 Å². The van der Waals surface area contributed by atoms with Crippen LogP contribution in [0.2, 0.25) is 0 Å². The molecule has 0 aromatic rings. The molecule has 156 valence electrons. The second kappa shape index (κ2) is 7.26. The monoisotopic (exact) mass is 404 g/mol. The van der Waals surface area contributed by atoms with Crippen LogP contribution in [0.4, 0.5) is 0 Å². The van der Waals surface area contributed by atoms with E-state index in [0.29, 0.717) is 16.7 Å². The molecule has 2 aliphatic carbocycles. The summed E-state index contributed by atoms with van der Waals surface area (Å²) in [7, 11) is 0. The Morgan fingerprint density at radius 1 is 1.34 bits per heavy atom. The highest BCUT2D eigenvalue weighted by Crippen LogP contribution is 2.51. The second-order valence-electron chi connectivity index (χ2n) is 7.93. The van der Waals surface area contributed by atoms with Crippen molar-refractivity contribution in [3.05, 3.63) is 34.9 Å². The van der Waals surface area contributed by atoms with Crippen molar-refractivity contribution >= 4 is 23.7 Å². The first kappa shape index (κ1) is 21.0. The number of ether oxygens (including phenoxy) is 3. The van der Waals surface area contributed by atoms with E-state index in [1.54, 1.807) is 6.92 Å². The average Bonchev–Trinajstić information content (AvgIpc) is 2.97. The maximum Gasteiger partial charge on any atom is 0.351 e. The van der Waals surface area contributed by atoms with Gasteiger partial charge in [0.05, 0.1) is 12.5 Å². The van der Waals surface area contributed by atoms with Crippen LogP contribution in [0.3, 0.4) is 0 Å². The van der Waals surface area contributed by atoms with E-state index in [1.165, 1.54) is 26.8 Å². The summed E-state index contributed by atoms with van der Waals surface area (Å²) in [6, 6.07) is 0. The Labute approximate surface area is 168 Å². The van der Waals surface area contributed by atoms with Crippen molar-refractivity contribution in [1.82, 2.24) is 0 Å². The summed E-state index contributed by atoms with van der Waals surface area (Å²) in [6.07, 6.45) is -0.414. The van der Waals surface area contributed by atoms with Crippen molar-refractivity contribution in [2.45, 2.75) is 51.9 Å². The van der Waals surface area contributed by atoms with Crippen LogP contribution in [0.15, 0.2) is 34.9 Å². The topological polar surface area (TPSA) is 116 Å². The summed E-state index contributed by atoms with van der Waals surface area (Å²) in [6.45, 7) is 8.95. The molecule has 0 saturated carbocycles. The molecule has 3 rings (SSSR count). The molecule has 1 saturated heterocycles. The lowest BCUT2D eigenvalue weighted by molar-refractivity contribution is -0.176. The SMILES string of the molecule is C=C(C)C(=O)OC1CC(CO)=C2C(=O)C=C(C)C2C2OC(=O)C(C)(OC(C)=O)C12. The van der Waals surface area contributed by atoms with E-state index in [9.17, 15) is 24.3 Å². The number of carbonyl (C=O) groups excluding carboxylic acids is 4. The summed E-state index contributed by atoms with van der Waals surface area (Å²) in [5.74, 6) is -3.90. The second-order valence-corrected chi connectivity index (χ2v) is 7.93. The first-order chi connectivity index (χ1) is 13.5. The van der Waals surface area contributed by atoms with Crippen LogP contribution in [0.1, 0.15) is 34.1 Å². The van der Waals surface area contributed by atoms with Gasteiger partial charge in [-0.2, -0.15) is 0 Å². The summed E-state index contributed by atoms with van der Waals surface area (Å²) in [4.78, 5) is 49.4. The van der Waals surface area contributed by atoms with Gasteiger partial charge in [0.1, 0.15) is 12.2 Å². The summed E-state index contributed by atoms with van der Waals surface area (Å²) < 4.78 is 16.6. The predicted molar refractivity (Wildman–Crippen MR) is 99.2 cm³/mol. The third kappa shape index (κ3) is 3.31. The molecule has 0 spiro atoms. The van der Waals surface area contributed by atoms with Crippen molar-refractivity contribution in [3.63, 3.8) is 0 Å². The standard InChI is InChI=1S/C21H24O8/c1-9(2)19(25)27-14-7-12(8-22)16-13(24)6-10(3)15(16)18-17(14)21(5,20(26)28-18)29-11(4)23/h6,14-15,17-18,22H,1,7-8H2,2-5H3. The zero-order valence-electron chi connectivity index (χ0n) is 16.8. The quantitative estimate of drug-likeness (QED) is 0.422. The predicted octanol–water partition coefficient (Wildman–Crippen LogP) is 1.18. The fraction of sp³-hybridized carbons (Fsp3) is 0.524. The number of allylic oxidation sites excluding steroid dienone is 1. The molecule has 1 aliphatic heterocycles. The summed E-state index contributed by atoms with van der Waals surface area (Å²) >= 11 is 0. The van der Waals surface area contributed by atoms with Crippen LogP contribution < -0.4 is 0 Å². The molecule has 1 heterocycles. The molecule has 0 radical (unpaired) electrons. The number of fused-ring (bicyclic) bond motifs is 3. The van der Waals surface area contributed by atoms with Crippen LogP contribution in [0.25, 0.3) is 0 Å². The van der Waals surface area contributed by atoms with Gasteiger partial charge in [0.2, 0.25) is 5.60 Å². The summed E-state index contributed by atoms with van der Waals surface area (Å²) in [5, 5.41) is 9.93. The highest BCUT2D eigenvalue weighted by atomic mass is 16.6. The van der Waals surface area contributed by atoms with E-state index in [-0.39, 0.29) is 17.8 Å². The maximum atomic E-state index is 12.8. The number of ketones is 1. The maximum absolute atomic E-state index is 12.8. The smallest absolute Gasteiger partial charge is 0.351 e. The van der Waals surface area contributed by atoms with Gasteiger partial charge in [0.25, 0.3) is 0 Å². The molecule has 3 aliphatic rings. The van der Waals surface area contributed by atoms with Crippen LogP contribution in [0.5, 0.6) is 0 Å². The Kier molecular flexibility index (Phi) is 5.25. The largest absolute Gasteiger partial charge is 0.458 e. The average molecular weight is 404 g/mol. The molecular formula is C21H24O8. The van der Waals surface area contributed by atoms with E-state index >= 15 is 0 Å². The van der Waals surface area contributed by atoms with Crippen molar-refractivity contribution in [3.8, 4) is 0 Å². The van der Waals surface area contributed by atoms with Crippen LogP contribution in [-0.2, 0) is 33.4 Å². The Bertz CT molecular complexity index is 879. The van der Waals surface area contributed by atoms with Gasteiger partial charge in [-0.15, -0.1) is 0 Å². The van der Waals surface area contributed by atoms with Crippen LogP contribution >= 0.6 is 0 Å². The minimum Gasteiger partial charge on any atom is -0.458 e. The van der Waals surface area contributed by atoms with E-state index in [2.05, 4.69) is 6.58 Å². The highest BCUT2D eigenvalue weighted by Gasteiger charge is 2.65. The van der Waals surface area contributed by atoms with E-state index in [0.717, 1.165) is 0 Å². The number of aliphatic hydroxyl groups is 1. The van der Waals surface area contributed by atoms with Gasteiger partial charge in [-0.05, 0) is 32.4 Å². The first-order valence-electron chi connectivity index (χ1n) is 9.33. The Morgan fingerprint density at radius 3 is 2.55 bits per heavy atom. The zero-order chi connectivity index (χ0) is 21.7. The van der Waals surface area contributed by atoms with Crippen LogP contribution in [-0.4, -0.2) is 53.2 Å². The fourth-order valence-electron chi connectivity index (χ4n) is 4.57. The zero-order valence-corrected chi connectivity index (χ0v) is 16.8. The third-order valence-electron chi connectivity index (χ3n) is 5.78. The number of hydrogen-bond donors (Lipinski definition) is 1. The molecule has 29 heavy (non-hydrogen) atoms.